The van der Waals surface area contributed by atoms with Crippen molar-refractivity contribution in [3.8, 4) is 22.3 Å². The van der Waals surface area contributed by atoms with Gasteiger partial charge < -0.3 is 9.67 Å². The first-order valence-corrected chi connectivity index (χ1v) is 15.1. The maximum atomic E-state index is 14.9. The smallest absolute Gasteiger partial charge is 0.454 e. The molecule has 0 fully saturated rings. The van der Waals surface area contributed by atoms with E-state index >= 15 is 0 Å². The predicted molar refractivity (Wildman–Crippen MR) is 165 cm³/mol. The van der Waals surface area contributed by atoms with Crippen LogP contribution in [0.1, 0.15) is 0 Å². The molecule has 0 unspecified atom stereocenters. The number of aliphatic hydroxyl groups is 1. The van der Waals surface area contributed by atoms with Crippen molar-refractivity contribution in [2.75, 3.05) is 0 Å². The molecule has 5 aromatic rings. The number of alkyl halides is 6. The van der Waals surface area contributed by atoms with Gasteiger partial charge in [-0.15, -0.1) is 0 Å². The molecule has 0 aliphatic carbocycles. The Hall–Kier alpha value is -3.30. The molecule has 237 valence electrons. The topological polar surface area (TPSA) is 54.4 Å². The summed E-state index contributed by atoms with van der Waals surface area (Å²) in [4.78, 5) is 9.86. The Morgan fingerprint density at radius 3 is 1.39 bits per heavy atom. The van der Waals surface area contributed by atoms with E-state index in [9.17, 15) is 35.7 Å². The molecule has 5 rings (SSSR count). The van der Waals surface area contributed by atoms with Gasteiger partial charge in [-0.25, -0.2) is 0 Å². The molecule has 11 heteroatoms. The van der Waals surface area contributed by atoms with Crippen molar-refractivity contribution in [3.05, 3.63) is 151 Å². The maximum Gasteiger partial charge on any atom is 0.454 e. The van der Waals surface area contributed by atoms with Crippen molar-refractivity contribution in [2.24, 2.45) is 0 Å². The van der Waals surface area contributed by atoms with Crippen molar-refractivity contribution in [1.29, 1.82) is 0 Å². The molecule has 0 spiro atoms. The van der Waals surface area contributed by atoms with Crippen LogP contribution in [-0.2, 0) is 9.36 Å². The van der Waals surface area contributed by atoms with Crippen LogP contribution in [0.2, 0.25) is 0 Å². The van der Waals surface area contributed by atoms with Crippen LogP contribution < -0.4 is 15.9 Å². The fraction of sp³-hybridized carbons (Fsp3) is 0.0571. The normalized spacial score (nSPS) is 11.9. The van der Waals surface area contributed by atoms with Crippen LogP contribution in [0.5, 0.6) is 0 Å². The van der Waals surface area contributed by atoms with Crippen LogP contribution in [0, 0.1) is 49.4 Å². The second kappa shape index (κ2) is 16.0. The number of aliphatic hydroxyl groups excluding tert-OH is 1. The van der Waals surface area contributed by atoms with E-state index in [1.54, 1.807) is 0 Å². The Morgan fingerprint density at radius 2 is 0.935 bits per heavy atom. The van der Waals surface area contributed by atoms with E-state index in [1.807, 2.05) is 84.9 Å². The summed E-state index contributed by atoms with van der Waals surface area (Å²) in [5.74, 6) is -5.34. The van der Waals surface area contributed by atoms with Gasteiger partial charge in [-0.3, -0.25) is 4.79 Å². The molecule has 0 aromatic heterocycles. The quantitative estimate of drug-likeness (QED) is 0.0811. The maximum absolute atomic E-state index is 14.9. The number of benzene rings is 5. The van der Waals surface area contributed by atoms with Crippen molar-refractivity contribution in [2.45, 2.75) is 12.4 Å². The minimum Gasteiger partial charge on any atom is -0.504 e. The van der Waals surface area contributed by atoms with E-state index in [0.29, 0.717) is 0 Å². The van der Waals surface area contributed by atoms with E-state index in [2.05, 4.69) is 54.6 Å². The minimum atomic E-state index is -5.42. The number of rotatable bonds is 6. The van der Waals surface area contributed by atoms with Crippen molar-refractivity contribution in [3.63, 3.8) is 0 Å². The molecule has 0 amide bonds. The van der Waals surface area contributed by atoms with Crippen LogP contribution >= 0.6 is 7.14 Å². The first-order chi connectivity index (χ1) is 21.3. The number of hydrogen-bond donors (Lipinski definition) is 1. The van der Waals surface area contributed by atoms with Crippen molar-refractivity contribution < 1.29 is 90.2 Å². The fourth-order valence-corrected chi connectivity index (χ4v) is 7.33. The molecule has 1 radical (unpaired) electrons. The SMILES string of the molecule is O=C(/C=C(\O)C(F)(F)F)C(F)(F)F.O=P(c1ccccc1)(c1ccccc1)c1ccccc1-c1ccc(-c2ccccc2)cc1.[Eu]. The Kier molecular flexibility index (Phi) is 12.9. The number of ketones is 1. The molecule has 5 aromatic carbocycles. The zero-order valence-corrected chi connectivity index (χ0v) is 27.0. The van der Waals surface area contributed by atoms with E-state index in [1.165, 1.54) is 11.1 Å². The summed E-state index contributed by atoms with van der Waals surface area (Å²) in [5.41, 5.74) is 4.42. The first kappa shape index (κ1) is 37.2. The number of hydrogen-bond acceptors (Lipinski definition) is 3. The van der Waals surface area contributed by atoms with Crippen molar-refractivity contribution in [1.82, 2.24) is 0 Å². The minimum absolute atomic E-state index is 0. The third-order valence-electron chi connectivity index (χ3n) is 6.62. The predicted octanol–water partition coefficient (Wildman–Crippen LogP) is 8.78. The van der Waals surface area contributed by atoms with Gasteiger partial charge >= 0.3 is 12.4 Å². The summed E-state index contributed by atoms with van der Waals surface area (Å²) < 4.78 is 83.0. The Balaban J connectivity index is 0.000000352. The molecular weight excluding hydrogens is 765 g/mol. The van der Waals surface area contributed by atoms with E-state index in [-0.39, 0.29) is 49.4 Å². The molecule has 46 heavy (non-hydrogen) atoms. The fourth-order valence-electron chi connectivity index (χ4n) is 4.46. The van der Waals surface area contributed by atoms with Gasteiger partial charge in [0, 0.05) is 71.4 Å². The summed E-state index contributed by atoms with van der Waals surface area (Å²) in [6.45, 7) is 0. The van der Waals surface area contributed by atoms with Gasteiger partial charge in [0.25, 0.3) is 5.78 Å². The van der Waals surface area contributed by atoms with Crippen LogP contribution in [0.3, 0.4) is 0 Å². The molecule has 0 aliphatic heterocycles. The van der Waals surface area contributed by atoms with Gasteiger partial charge in [-0.05, 0) is 22.3 Å². The van der Waals surface area contributed by atoms with Gasteiger partial charge in [0.2, 0.25) is 5.76 Å². The first-order valence-electron chi connectivity index (χ1n) is 13.4. The monoisotopic (exact) mass is 791 g/mol. The van der Waals surface area contributed by atoms with Crippen LogP contribution in [-0.4, -0.2) is 23.2 Å². The van der Waals surface area contributed by atoms with Crippen LogP contribution in [0.15, 0.2) is 151 Å². The Bertz CT molecular complexity index is 1760. The van der Waals surface area contributed by atoms with Gasteiger partial charge in [-0.1, -0.05) is 140 Å². The molecule has 0 aliphatic rings. The molecule has 0 saturated carbocycles. The molecule has 3 nitrogen and oxygen atoms in total. The summed E-state index contributed by atoms with van der Waals surface area (Å²) in [7, 11) is -3.05. The molecular formula is C35H25EuF6O3P. The standard InChI is InChI=1S/C30H23OP.C5H2F6O2.Eu/c31-32(27-14-6-2-7-15-27,28-16-8-3-9-17-28)30-19-11-10-18-29(30)26-22-20-25(21-23-26)24-12-4-1-5-13-24;6-4(7,8)2(12)1-3(13)5(9,10)11;/h1-23H;1,12H;/b;2-1-;. The zero-order valence-electron chi connectivity index (χ0n) is 23.7. The van der Waals surface area contributed by atoms with Gasteiger partial charge in [0.1, 0.15) is 0 Å². The Morgan fingerprint density at radius 1 is 0.543 bits per heavy atom. The molecule has 0 bridgehead atoms. The van der Waals surface area contributed by atoms with Gasteiger partial charge in [-0.2, -0.15) is 26.3 Å². The van der Waals surface area contributed by atoms with Crippen molar-refractivity contribution >= 4 is 28.8 Å². The summed E-state index contributed by atoms with van der Waals surface area (Å²) in [6.07, 6.45) is -11.7. The second-order valence-corrected chi connectivity index (χ2v) is 12.4. The largest absolute Gasteiger partial charge is 0.504 e. The number of halogens is 6. The number of carbonyl (C=O) groups excluding carboxylic acids is 1. The summed E-state index contributed by atoms with van der Waals surface area (Å²) in [5, 5.41) is 10.5. The van der Waals surface area contributed by atoms with E-state index in [4.69, 9.17) is 5.11 Å². The van der Waals surface area contributed by atoms with Gasteiger partial charge in [0.15, 0.2) is 7.14 Å². The Labute approximate surface area is 302 Å². The average molecular weight is 791 g/mol. The molecule has 0 atom stereocenters. The molecule has 0 saturated heterocycles. The average Bonchev–Trinajstić information content (AvgIpc) is 3.05. The second-order valence-electron chi connectivity index (χ2n) is 9.63. The molecule has 0 heterocycles. The number of carbonyl (C=O) groups is 1. The van der Waals surface area contributed by atoms with Crippen LogP contribution in [0.25, 0.3) is 22.3 Å². The third-order valence-corrected chi connectivity index (χ3v) is 9.74. The zero-order chi connectivity index (χ0) is 32.7. The van der Waals surface area contributed by atoms with E-state index < -0.39 is 37.1 Å². The summed E-state index contributed by atoms with van der Waals surface area (Å²) >= 11 is 0. The molecule has 1 N–H and O–H groups in total. The van der Waals surface area contributed by atoms with Gasteiger partial charge in [0.05, 0.1) is 0 Å². The van der Waals surface area contributed by atoms with Crippen LogP contribution in [0.4, 0.5) is 26.3 Å². The third kappa shape index (κ3) is 9.16. The van der Waals surface area contributed by atoms with E-state index in [0.717, 1.165) is 27.0 Å². The summed E-state index contributed by atoms with van der Waals surface area (Å²) in [6, 6.07) is 46.6. The number of allylic oxidation sites excluding steroid dienone is 2.